The van der Waals surface area contributed by atoms with Gasteiger partial charge in [0.15, 0.2) is 0 Å². The maximum Gasteiger partial charge on any atom is 0.333 e. The lowest BCUT2D eigenvalue weighted by Crippen LogP contribution is -2.34. The molecule has 6 heteroatoms. The van der Waals surface area contributed by atoms with E-state index in [0.717, 1.165) is 21.4 Å². The molecule has 2 amide bonds. The molecule has 0 bridgehead atoms. The highest BCUT2D eigenvalue weighted by atomic mass is 79.9. The van der Waals surface area contributed by atoms with Crippen molar-refractivity contribution in [1.29, 1.82) is 0 Å². The van der Waals surface area contributed by atoms with Gasteiger partial charge in [-0.1, -0.05) is 46.3 Å². The van der Waals surface area contributed by atoms with Crippen LogP contribution in [0.15, 0.2) is 58.3 Å². The van der Waals surface area contributed by atoms with Crippen LogP contribution >= 0.6 is 15.9 Å². The van der Waals surface area contributed by atoms with E-state index < -0.39 is 6.03 Å². The smallest absolute Gasteiger partial charge is 0.333 e. The fourth-order valence-electron chi connectivity index (χ4n) is 1.74. The van der Waals surface area contributed by atoms with Crippen LogP contribution in [0.2, 0.25) is 0 Å². The van der Waals surface area contributed by atoms with E-state index in [0.29, 0.717) is 12.3 Å². The van der Waals surface area contributed by atoms with E-state index in [1.165, 1.54) is 0 Å². The SMILES string of the molecule is C\C=C/C(Br)=C\C(C)=C(/C)OCc1ccccc1NC(=O)NN. The zero-order chi connectivity index (χ0) is 17.2. The summed E-state index contributed by atoms with van der Waals surface area (Å²) in [7, 11) is 0. The highest BCUT2D eigenvalue weighted by Gasteiger charge is 2.06. The molecule has 0 saturated carbocycles. The predicted molar refractivity (Wildman–Crippen MR) is 97.8 cm³/mol. The predicted octanol–water partition coefficient (Wildman–Crippen LogP) is 4.35. The largest absolute Gasteiger partial charge is 0.493 e. The number of para-hydroxylation sites is 1. The second-order valence-corrected chi connectivity index (χ2v) is 5.73. The second-order valence-electron chi connectivity index (χ2n) is 4.81. The minimum absolute atomic E-state index is 0.347. The molecule has 0 aliphatic rings. The number of benzene rings is 1. The molecule has 0 saturated heterocycles. The molecule has 0 aromatic heterocycles. The van der Waals surface area contributed by atoms with Gasteiger partial charge in [-0.15, -0.1) is 0 Å². The number of urea groups is 1. The molecule has 0 atom stereocenters. The molecule has 0 heterocycles. The van der Waals surface area contributed by atoms with Gasteiger partial charge < -0.3 is 10.1 Å². The Balaban J connectivity index is 2.81. The van der Waals surface area contributed by atoms with Gasteiger partial charge in [-0.05, 0) is 38.5 Å². The highest BCUT2D eigenvalue weighted by Crippen LogP contribution is 2.19. The van der Waals surface area contributed by atoms with Crippen LogP contribution in [0.5, 0.6) is 0 Å². The van der Waals surface area contributed by atoms with Crippen LogP contribution < -0.4 is 16.6 Å². The molecule has 0 radical (unpaired) electrons. The van der Waals surface area contributed by atoms with Crippen molar-refractivity contribution in [3.63, 3.8) is 0 Å². The molecule has 4 N–H and O–H groups in total. The number of rotatable bonds is 6. The number of anilines is 1. The lowest BCUT2D eigenvalue weighted by molar-refractivity contribution is 0.198. The Morgan fingerprint density at radius 1 is 1.35 bits per heavy atom. The van der Waals surface area contributed by atoms with Gasteiger partial charge in [-0.3, -0.25) is 5.43 Å². The average Bonchev–Trinajstić information content (AvgIpc) is 2.53. The number of amides is 2. The van der Waals surface area contributed by atoms with E-state index in [9.17, 15) is 4.79 Å². The highest BCUT2D eigenvalue weighted by molar-refractivity contribution is 9.11. The number of hydrazine groups is 1. The maximum atomic E-state index is 11.3. The number of allylic oxidation sites excluding steroid dienone is 6. The van der Waals surface area contributed by atoms with E-state index in [1.807, 2.05) is 62.6 Å². The van der Waals surface area contributed by atoms with Crippen LogP contribution in [0.4, 0.5) is 10.5 Å². The Labute approximate surface area is 145 Å². The number of nitrogens with two attached hydrogens (primary N) is 1. The van der Waals surface area contributed by atoms with Gasteiger partial charge >= 0.3 is 6.03 Å². The van der Waals surface area contributed by atoms with E-state index in [1.54, 1.807) is 6.07 Å². The number of carbonyl (C=O) groups excluding carboxylic acids is 1. The van der Waals surface area contributed by atoms with Crippen LogP contribution in [-0.4, -0.2) is 6.03 Å². The van der Waals surface area contributed by atoms with Crippen molar-refractivity contribution in [1.82, 2.24) is 5.43 Å². The van der Waals surface area contributed by atoms with Crippen LogP contribution in [0.3, 0.4) is 0 Å². The van der Waals surface area contributed by atoms with Crippen LogP contribution in [-0.2, 0) is 11.3 Å². The molecular formula is C17H22BrN3O2. The minimum Gasteiger partial charge on any atom is -0.493 e. The summed E-state index contributed by atoms with van der Waals surface area (Å²) >= 11 is 3.47. The van der Waals surface area contributed by atoms with E-state index >= 15 is 0 Å². The first-order chi connectivity index (χ1) is 11.0. The normalized spacial score (nSPS) is 12.8. The van der Waals surface area contributed by atoms with Crippen molar-refractivity contribution < 1.29 is 9.53 Å². The molecule has 5 nitrogen and oxygen atoms in total. The van der Waals surface area contributed by atoms with Crippen molar-refractivity contribution in [3.05, 3.63) is 63.9 Å². The van der Waals surface area contributed by atoms with Crippen molar-refractivity contribution in [3.8, 4) is 0 Å². The van der Waals surface area contributed by atoms with Gasteiger partial charge in [-0.25, -0.2) is 10.6 Å². The summed E-state index contributed by atoms with van der Waals surface area (Å²) in [5.41, 5.74) is 4.57. The van der Waals surface area contributed by atoms with Crippen molar-refractivity contribution in [2.24, 2.45) is 5.84 Å². The summed E-state index contributed by atoms with van der Waals surface area (Å²) < 4.78 is 6.79. The summed E-state index contributed by atoms with van der Waals surface area (Å²) in [5, 5.41) is 2.66. The zero-order valence-corrected chi connectivity index (χ0v) is 15.1. The molecule has 23 heavy (non-hydrogen) atoms. The summed E-state index contributed by atoms with van der Waals surface area (Å²) in [6.07, 6.45) is 5.90. The average molecular weight is 380 g/mol. The zero-order valence-electron chi connectivity index (χ0n) is 13.5. The summed E-state index contributed by atoms with van der Waals surface area (Å²) in [5.74, 6) is 5.90. The quantitative estimate of drug-likeness (QED) is 0.226. The maximum absolute atomic E-state index is 11.3. The molecule has 1 aromatic carbocycles. The third-order valence-electron chi connectivity index (χ3n) is 3.08. The van der Waals surface area contributed by atoms with E-state index in [2.05, 4.69) is 21.2 Å². The standard InChI is InChI=1S/C17H22BrN3O2/c1-4-7-15(18)10-12(2)13(3)23-11-14-8-5-6-9-16(14)20-17(22)21-19/h4-10H,11,19H2,1-3H3,(H2,20,21,22)/b7-4-,13-12+,15-10+. The van der Waals surface area contributed by atoms with Gasteiger partial charge in [0, 0.05) is 15.7 Å². The van der Waals surface area contributed by atoms with Crippen molar-refractivity contribution in [2.75, 3.05) is 5.32 Å². The van der Waals surface area contributed by atoms with E-state index in [4.69, 9.17) is 10.6 Å². The third kappa shape index (κ3) is 6.71. The Bertz CT molecular complexity index is 636. The molecule has 1 rings (SSSR count). The fourth-order valence-corrected chi connectivity index (χ4v) is 2.35. The lowest BCUT2D eigenvalue weighted by atomic mass is 10.2. The molecule has 1 aromatic rings. The van der Waals surface area contributed by atoms with Gasteiger partial charge in [-0.2, -0.15) is 0 Å². The topological polar surface area (TPSA) is 76.4 Å². The van der Waals surface area contributed by atoms with Crippen LogP contribution in [0, 0.1) is 0 Å². The molecule has 0 aliphatic heterocycles. The van der Waals surface area contributed by atoms with Crippen LogP contribution in [0.1, 0.15) is 26.3 Å². The first-order valence-electron chi connectivity index (χ1n) is 7.13. The van der Waals surface area contributed by atoms with Crippen LogP contribution in [0.25, 0.3) is 0 Å². The number of halogens is 1. The van der Waals surface area contributed by atoms with Crippen molar-refractivity contribution >= 4 is 27.6 Å². The Morgan fingerprint density at radius 3 is 2.70 bits per heavy atom. The number of ether oxygens (including phenoxy) is 1. The van der Waals surface area contributed by atoms with Gasteiger partial charge in [0.2, 0.25) is 0 Å². The fraction of sp³-hybridized carbons (Fsp3) is 0.235. The molecule has 0 unspecified atom stereocenters. The molecule has 0 fully saturated rings. The molecular weight excluding hydrogens is 358 g/mol. The molecule has 0 spiro atoms. The van der Waals surface area contributed by atoms with E-state index in [-0.39, 0.29) is 0 Å². The Kier molecular flexibility index (Phi) is 8.15. The second kappa shape index (κ2) is 9.86. The number of hydrogen-bond donors (Lipinski definition) is 3. The number of hydrogen-bond acceptors (Lipinski definition) is 3. The van der Waals surface area contributed by atoms with Gasteiger partial charge in [0.1, 0.15) is 6.61 Å². The number of carbonyl (C=O) groups is 1. The summed E-state index contributed by atoms with van der Waals surface area (Å²) in [6.45, 7) is 6.19. The summed E-state index contributed by atoms with van der Waals surface area (Å²) in [4.78, 5) is 11.3. The van der Waals surface area contributed by atoms with Gasteiger partial charge in [0.05, 0.1) is 5.76 Å². The van der Waals surface area contributed by atoms with Crippen molar-refractivity contribution in [2.45, 2.75) is 27.4 Å². The molecule has 0 aliphatic carbocycles. The summed E-state index contributed by atoms with van der Waals surface area (Å²) in [6, 6.07) is 6.93. The van der Waals surface area contributed by atoms with Gasteiger partial charge in [0.25, 0.3) is 0 Å². The number of nitrogens with one attached hydrogen (secondary N) is 2. The lowest BCUT2D eigenvalue weighted by Gasteiger charge is -2.13. The first-order valence-corrected chi connectivity index (χ1v) is 7.93. The Morgan fingerprint density at radius 2 is 2.04 bits per heavy atom. The Hall–Kier alpha value is -2.05. The first kappa shape index (κ1) is 19.0. The minimum atomic E-state index is -0.473. The third-order valence-corrected chi connectivity index (χ3v) is 3.57. The molecule has 124 valence electrons. The monoisotopic (exact) mass is 379 g/mol.